The van der Waals surface area contributed by atoms with E-state index in [1.807, 2.05) is 0 Å². The molecule has 0 aliphatic carbocycles. The van der Waals surface area contributed by atoms with E-state index in [2.05, 4.69) is 0 Å². The Hall–Kier alpha value is -1.91. The fourth-order valence-corrected chi connectivity index (χ4v) is 2.35. The molecule has 0 spiro atoms. The van der Waals surface area contributed by atoms with E-state index in [1.165, 1.54) is 26.4 Å². The van der Waals surface area contributed by atoms with Crippen LogP contribution in [-0.2, 0) is 0 Å². The smallest absolute Gasteiger partial charge is 0.196 e. The molecule has 0 amide bonds. The Kier molecular flexibility index (Phi) is 4.60. The van der Waals surface area contributed by atoms with Crippen molar-refractivity contribution in [2.45, 2.75) is 0 Å². The molecule has 2 N–H and O–H groups in total. The molecule has 0 saturated carbocycles. The van der Waals surface area contributed by atoms with Gasteiger partial charge in [-0.1, -0.05) is 29.3 Å². The highest BCUT2D eigenvalue weighted by atomic mass is 35.5. The number of rotatable bonds is 4. The Morgan fingerprint density at radius 3 is 2.29 bits per heavy atom. The molecule has 0 fully saturated rings. The number of benzene rings is 2. The van der Waals surface area contributed by atoms with Gasteiger partial charge in [-0.2, -0.15) is 0 Å². The lowest BCUT2D eigenvalue weighted by molar-refractivity contribution is 0.103. The summed E-state index contributed by atoms with van der Waals surface area (Å²) in [6.45, 7) is 0. The number of methoxy groups -OCH3 is 2. The van der Waals surface area contributed by atoms with Crippen molar-refractivity contribution < 1.29 is 14.3 Å². The van der Waals surface area contributed by atoms with Crippen LogP contribution in [0.4, 0.5) is 5.69 Å². The summed E-state index contributed by atoms with van der Waals surface area (Å²) in [5.74, 6) is 0.515. The second kappa shape index (κ2) is 6.24. The third-order valence-corrected chi connectivity index (χ3v) is 3.73. The SMILES string of the molecule is COc1cc(Cl)c(C(=O)c2cccc(N)c2Cl)cc1OC. The second-order valence-electron chi connectivity index (χ2n) is 4.22. The molecule has 0 bridgehead atoms. The Morgan fingerprint density at radius 2 is 1.67 bits per heavy atom. The standard InChI is InChI=1S/C15H13Cl2NO3/c1-20-12-6-9(10(16)7-13(12)21-2)15(19)8-4-3-5-11(18)14(8)17/h3-7H,18H2,1-2H3. The summed E-state index contributed by atoms with van der Waals surface area (Å²) in [4.78, 5) is 12.6. The third-order valence-electron chi connectivity index (χ3n) is 2.99. The van der Waals surface area contributed by atoms with Crippen LogP contribution in [0.2, 0.25) is 10.0 Å². The van der Waals surface area contributed by atoms with E-state index in [0.29, 0.717) is 17.2 Å². The zero-order chi connectivity index (χ0) is 15.6. The Labute approximate surface area is 132 Å². The summed E-state index contributed by atoms with van der Waals surface area (Å²) in [5, 5.41) is 0.449. The largest absolute Gasteiger partial charge is 0.493 e. The van der Waals surface area contributed by atoms with Crippen LogP contribution in [0.1, 0.15) is 15.9 Å². The highest BCUT2D eigenvalue weighted by molar-refractivity contribution is 6.39. The number of hydrogen-bond acceptors (Lipinski definition) is 4. The van der Waals surface area contributed by atoms with Gasteiger partial charge in [-0.25, -0.2) is 0 Å². The minimum absolute atomic E-state index is 0.202. The Balaban J connectivity index is 2.56. The Bertz CT molecular complexity index is 702. The topological polar surface area (TPSA) is 61.5 Å². The summed E-state index contributed by atoms with van der Waals surface area (Å²) in [7, 11) is 2.97. The van der Waals surface area contributed by atoms with Crippen LogP contribution in [0, 0.1) is 0 Å². The van der Waals surface area contributed by atoms with E-state index in [-0.39, 0.29) is 27.0 Å². The summed E-state index contributed by atoms with van der Waals surface area (Å²) in [6.07, 6.45) is 0. The number of halogens is 2. The molecule has 4 nitrogen and oxygen atoms in total. The molecular weight excluding hydrogens is 313 g/mol. The zero-order valence-electron chi connectivity index (χ0n) is 11.4. The van der Waals surface area contributed by atoms with Gasteiger partial charge in [0, 0.05) is 17.2 Å². The molecule has 0 aromatic heterocycles. The highest BCUT2D eigenvalue weighted by Crippen LogP contribution is 2.35. The van der Waals surface area contributed by atoms with Crippen LogP contribution in [0.25, 0.3) is 0 Å². The van der Waals surface area contributed by atoms with Gasteiger partial charge >= 0.3 is 0 Å². The molecule has 2 rings (SSSR count). The van der Waals surface area contributed by atoms with Crippen molar-refractivity contribution in [1.82, 2.24) is 0 Å². The molecule has 0 radical (unpaired) electrons. The number of hydrogen-bond donors (Lipinski definition) is 1. The maximum Gasteiger partial charge on any atom is 0.196 e. The summed E-state index contributed by atoms with van der Waals surface area (Å²) < 4.78 is 10.3. The molecule has 0 aliphatic heterocycles. The third kappa shape index (κ3) is 2.91. The lowest BCUT2D eigenvalue weighted by atomic mass is 10.0. The maximum absolute atomic E-state index is 12.6. The first-order valence-corrected chi connectivity index (χ1v) is 6.75. The fourth-order valence-electron chi connectivity index (χ4n) is 1.90. The molecule has 0 heterocycles. The molecule has 0 saturated heterocycles. The van der Waals surface area contributed by atoms with Gasteiger partial charge in [0.15, 0.2) is 17.3 Å². The summed E-state index contributed by atoms with van der Waals surface area (Å²) in [6, 6.07) is 7.91. The van der Waals surface area contributed by atoms with Crippen LogP contribution in [0.5, 0.6) is 11.5 Å². The van der Waals surface area contributed by atoms with Crippen molar-refractivity contribution in [3.8, 4) is 11.5 Å². The summed E-state index contributed by atoms with van der Waals surface area (Å²) >= 11 is 12.2. The molecule has 110 valence electrons. The van der Waals surface area contributed by atoms with Gasteiger partial charge in [-0.05, 0) is 18.2 Å². The van der Waals surface area contributed by atoms with Crippen molar-refractivity contribution in [2.24, 2.45) is 0 Å². The summed E-state index contributed by atoms with van der Waals surface area (Å²) in [5.41, 5.74) is 6.60. The maximum atomic E-state index is 12.6. The van der Waals surface area contributed by atoms with Crippen LogP contribution < -0.4 is 15.2 Å². The van der Waals surface area contributed by atoms with Crippen molar-refractivity contribution in [2.75, 3.05) is 20.0 Å². The molecule has 0 aliphatic rings. The number of anilines is 1. The van der Waals surface area contributed by atoms with Gasteiger partial charge in [0.1, 0.15) is 0 Å². The molecule has 2 aromatic carbocycles. The van der Waals surface area contributed by atoms with Crippen LogP contribution >= 0.6 is 23.2 Å². The van der Waals surface area contributed by atoms with E-state index in [4.69, 9.17) is 38.4 Å². The molecular formula is C15H13Cl2NO3. The number of nitrogens with two attached hydrogens (primary N) is 1. The Morgan fingerprint density at radius 1 is 1.05 bits per heavy atom. The first-order valence-electron chi connectivity index (χ1n) is 5.99. The second-order valence-corrected chi connectivity index (χ2v) is 5.01. The van der Waals surface area contributed by atoms with Gasteiger partial charge in [-0.3, -0.25) is 4.79 Å². The normalized spacial score (nSPS) is 10.3. The monoisotopic (exact) mass is 325 g/mol. The molecule has 0 atom stereocenters. The van der Waals surface area contributed by atoms with E-state index in [0.717, 1.165) is 0 Å². The minimum Gasteiger partial charge on any atom is -0.493 e. The average Bonchev–Trinajstić information content (AvgIpc) is 2.49. The number of carbonyl (C=O) groups is 1. The van der Waals surface area contributed by atoms with Crippen molar-refractivity contribution >= 4 is 34.7 Å². The molecule has 2 aromatic rings. The highest BCUT2D eigenvalue weighted by Gasteiger charge is 2.20. The van der Waals surface area contributed by atoms with E-state index >= 15 is 0 Å². The van der Waals surface area contributed by atoms with Crippen molar-refractivity contribution in [3.63, 3.8) is 0 Å². The predicted molar refractivity (Wildman–Crippen MR) is 83.9 cm³/mol. The lowest BCUT2D eigenvalue weighted by Crippen LogP contribution is -2.05. The van der Waals surface area contributed by atoms with Crippen molar-refractivity contribution in [1.29, 1.82) is 0 Å². The minimum atomic E-state index is -0.335. The quantitative estimate of drug-likeness (QED) is 0.685. The lowest BCUT2D eigenvalue weighted by Gasteiger charge is -2.12. The molecule has 21 heavy (non-hydrogen) atoms. The van der Waals surface area contributed by atoms with Gasteiger partial charge in [0.25, 0.3) is 0 Å². The number of carbonyl (C=O) groups excluding carboxylic acids is 1. The fraction of sp³-hybridized carbons (Fsp3) is 0.133. The van der Waals surface area contributed by atoms with Gasteiger partial charge in [-0.15, -0.1) is 0 Å². The van der Waals surface area contributed by atoms with E-state index in [1.54, 1.807) is 18.2 Å². The van der Waals surface area contributed by atoms with Crippen molar-refractivity contribution in [3.05, 3.63) is 51.5 Å². The van der Waals surface area contributed by atoms with Gasteiger partial charge in [0.2, 0.25) is 0 Å². The van der Waals surface area contributed by atoms with E-state index < -0.39 is 0 Å². The first kappa shape index (κ1) is 15.5. The molecule has 0 unspecified atom stereocenters. The van der Waals surface area contributed by atoms with Gasteiger partial charge < -0.3 is 15.2 Å². The zero-order valence-corrected chi connectivity index (χ0v) is 13.0. The first-order chi connectivity index (χ1) is 9.99. The number of ketones is 1. The molecule has 6 heteroatoms. The average molecular weight is 326 g/mol. The number of nitrogen functional groups attached to an aromatic ring is 1. The van der Waals surface area contributed by atoms with Crippen LogP contribution in [0.15, 0.2) is 30.3 Å². The van der Waals surface area contributed by atoms with E-state index in [9.17, 15) is 4.79 Å². The van der Waals surface area contributed by atoms with Crippen LogP contribution in [0.3, 0.4) is 0 Å². The number of ether oxygens (including phenoxy) is 2. The van der Waals surface area contributed by atoms with Gasteiger partial charge in [0.05, 0.1) is 30.0 Å². The van der Waals surface area contributed by atoms with Crippen LogP contribution in [-0.4, -0.2) is 20.0 Å². The predicted octanol–water partition coefficient (Wildman–Crippen LogP) is 3.82.